The molecule has 0 spiro atoms. The fourth-order valence-electron chi connectivity index (χ4n) is 5.75. The van der Waals surface area contributed by atoms with Crippen molar-refractivity contribution >= 4 is 43.2 Å². The Morgan fingerprint density at radius 1 is 0.455 bits per heavy atom. The standard InChI is InChI=1S/C38H64Br2N4/c1-3-5-7-9-11-13-17-21-29-41-35-25-31-43(32-26-35)37(39)23-19-15-16-20-24-38(40)44-33-27-36(28-34-44)42-30-22-18-14-12-10-8-6-4-2/h25-28,31-34,37-38H,3-24,29-30H2,1-2H3/p+2. The Bertz CT molecular complexity index is 831. The number of aromatic nitrogens is 2. The number of hydrogen-bond donors (Lipinski definition) is 2. The van der Waals surface area contributed by atoms with Crippen molar-refractivity contribution in [2.24, 2.45) is 0 Å². The Labute approximate surface area is 288 Å². The predicted octanol–water partition coefficient (Wildman–Crippen LogP) is 12.2. The zero-order chi connectivity index (χ0) is 31.5. The average molecular weight is 739 g/mol. The van der Waals surface area contributed by atoms with E-state index in [1.165, 1.54) is 140 Å². The van der Waals surface area contributed by atoms with Gasteiger partial charge in [0.05, 0.1) is 0 Å². The van der Waals surface area contributed by atoms with Gasteiger partial charge >= 0.3 is 0 Å². The monoisotopic (exact) mass is 736 g/mol. The van der Waals surface area contributed by atoms with Crippen LogP contribution in [0, 0.1) is 0 Å². The van der Waals surface area contributed by atoms with Crippen molar-refractivity contribution in [1.29, 1.82) is 0 Å². The fraction of sp³-hybridized carbons (Fsp3) is 0.737. The van der Waals surface area contributed by atoms with Crippen LogP contribution in [0.15, 0.2) is 49.1 Å². The average Bonchev–Trinajstić information content (AvgIpc) is 3.05. The van der Waals surface area contributed by atoms with Gasteiger partial charge in [0, 0.05) is 61.6 Å². The molecule has 0 saturated heterocycles. The van der Waals surface area contributed by atoms with E-state index in [9.17, 15) is 0 Å². The first kappa shape index (κ1) is 39.0. The number of rotatable bonds is 29. The minimum atomic E-state index is 0.367. The van der Waals surface area contributed by atoms with E-state index in [2.05, 4.69) is 115 Å². The molecular formula is C38H66Br2N4+2. The number of unbranched alkanes of at least 4 members (excludes halogenated alkanes) is 17. The van der Waals surface area contributed by atoms with Crippen molar-refractivity contribution in [1.82, 2.24) is 0 Å². The lowest BCUT2D eigenvalue weighted by atomic mass is 10.1. The normalized spacial score (nSPS) is 12.7. The second kappa shape index (κ2) is 27.0. The van der Waals surface area contributed by atoms with E-state index in [4.69, 9.17) is 0 Å². The molecule has 2 unspecified atom stereocenters. The van der Waals surface area contributed by atoms with Gasteiger partial charge in [0.2, 0.25) is 9.90 Å². The van der Waals surface area contributed by atoms with E-state index in [0.29, 0.717) is 9.90 Å². The summed E-state index contributed by atoms with van der Waals surface area (Å²) in [4.78, 5) is 0.734. The summed E-state index contributed by atoms with van der Waals surface area (Å²) in [6, 6.07) is 8.86. The van der Waals surface area contributed by atoms with E-state index in [0.717, 1.165) is 25.9 Å². The van der Waals surface area contributed by atoms with Gasteiger partial charge in [-0.2, -0.15) is 9.13 Å². The molecule has 0 aliphatic rings. The van der Waals surface area contributed by atoms with Gasteiger partial charge in [-0.05, 0) is 57.5 Å². The van der Waals surface area contributed by atoms with Crippen LogP contribution in [0.3, 0.4) is 0 Å². The Hall–Kier alpha value is -1.14. The smallest absolute Gasteiger partial charge is 0.211 e. The van der Waals surface area contributed by atoms with E-state index in [-0.39, 0.29) is 0 Å². The second-order valence-electron chi connectivity index (χ2n) is 12.7. The van der Waals surface area contributed by atoms with Crippen molar-refractivity contribution in [3.05, 3.63) is 49.1 Å². The van der Waals surface area contributed by atoms with E-state index < -0.39 is 0 Å². The number of halogens is 2. The van der Waals surface area contributed by atoms with Crippen molar-refractivity contribution in [3.63, 3.8) is 0 Å². The topological polar surface area (TPSA) is 31.8 Å². The summed E-state index contributed by atoms with van der Waals surface area (Å²) in [7, 11) is 0. The summed E-state index contributed by atoms with van der Waals surface area (Å²) in [6.07, 6.45) is 38.1. The Kier molecular flexibility index (Phi) is 24.0. The lowest BCUT2D eigenvalue weighted by molar-refractivity contribution is -0.698. The number of hydrogen-bond acceptors (Lipinski definition) is 2. The van der Waals surface area contributed by atoms with E-state index in [1.54, 1.807) is 0 Å². The molecule has 0 fully saturated rings. The summed E-state index contributed by atoms with van der Waals surface area (Å²) in [5.41, 5.74) is 2.46. The van der Waals surface area contributed by atoms with Gasteiger partial charge in [0.15, 0.2) is 24.8 Å². The highest BCUT2D eigenvalue weighted by molar-refractivity contribution is 9.09. The molecule has 0 amide bonds. The maximum Gasteiger partial charge on any atom is 0.211 e. The third kappa shape index (κ3) is 19.4. The van der Waals surface area contributed by atoms with Crippen LogP contribution in [0.4, 0.5) is 11.4 Å². The van der Waals surface area contributed by atoms with Crippen LogP contribution in [0.25, 0.3) is 0 Å². The van der Waals surface area contributed by atoms with E-state index >= 15 is 0 Å². The second-order valence-corrected chi connectivity index (χ2v) is 14.8. The number of alkyl halides is 2. The Morgan fingerprint density at radius 2 is 0.750 bits per heavy atom. The van der Waals surface area contributed by atoms with Crippen molar-refractivity contribution in [2.75, 3.05) is 23.7 Å². The lowest BCUT2D eigenvalue weighted by Gasteiger charge is -2.09. The number of anilines is 2. The van der Waals surface area contributed by atoms with Gasteiger partial charge in [0.1, 0.15) is 0 Å². The molecule has 250 valence electrons. The van der Waals surface area contributed by atoms with E-state index in [1.807, 2.05) is 0 Å². The quantitative estimate of drug-likeness (QED) is 0.0495. The summed E-state index contributed by atoms with van der Waals surface area (Å²) in [5, 5.41) is 7.19. The Morgan fingerprint density at radius 3 is 1.09 bits per heavy atom. The molecule has 2 atom stereocenters. The highest BCUT2D eigenvalue weighted by Gasteiger charge is 2.15. The molecule has 2 aromatic heterocycles. The first-order chi connectivity index (χ1) is 21.6. The molecule has 0 radical (unpaired) electrons. The Balaban J connectivity index is 1.47. The van der Waals surface area contributed by atoms with Crippen LogP contribution in [-0.4, -0.2) is 13.1 Å². The summed E-state index contributed by atoms with van der Waals surface area (Å²) in [5.74, 6) is 0. The zero-order valence-electron chi connectivity index (χ0n) is 28.4. The van der Waals surface area contributed by atoms with Crippen LogP contribution >= 0.6 is 31.9 Å². The molecular weight excluding hydrogens is 672 g/mol. The number of nitrogens with one attached hydrogen (secondary N) is 2. The molecule has 2 heterocycles. The number of nitrogens with zero attached hydrogens (tertiary/aromatic N) is 2. The minimum Gasteiger partial charge on any atom is -0.385 e. The van der Waals surface area contributed by atoms with Crippen LogP contribution in [0.5, 0.6) is 0 Å². The van der Waals surface area contributed by atoms with Crippen LogP contribution in [0.2, 0.25) is 0 Å². The molecule has 2 N–H and O–H groups in total. The molecule has 0 aliphatic heterocycles. The highest BCUT2D eigenvalue weighted by Crippen LogP contribution is 2.21. The molecule has 0 saturated carbocycles. The van der Waals surface area contributed by atoms with Crippen molar-refractivity contribution < 1.29 is 9.13 Å². The summed E-state index contributed by atoms with van der Waals surface area (Å²) in [6.45, 7) is 6.72. The van der Waals surface area contributed by atoms with Gasteiger partial charge in [-0.3, -0.25) is 0 Å². The summed E-state index contributed by atoms with van der Waals surface area (Å²) < 4.78 is 4.58. The van der Waals surface area contributed by atoms with Crippen molar-refractivity contribution in [3.8, 4) is 0 Å². The largest absolute Gasteiger partial charge is 0.385 e. The first-order valence-electron chi connectivity index (χ1n) is 18.4. The zero-order valence-corrected chi connectivity index (χ0v) is 31.6. The molecule has 44 heavy (non-hydrogen) atoms. The highest BCUT2D eigenvalue weighted by atomic mass is 79.9. The maximum absolute atomic E-state index is 3.91. The van der Waals surface area contributed by atoms with Crippen LogP contribution in [-0.2, 0) is 0 Å². The third-order valence-corrected chi connectivity index (χ3v) is 10.6. The SMILES string of the molecule is CCCCCCCCCCNc1cc[n+](C(Br)CCCCCCC(Br)[n+]2ccc(NCCCCCCCCCC)cc2)cc1. The first-order valence-corrected chi connectivity index (χ1v) is 20.2. The lowest BCUT2D eigenvalue weighted by Crippen LogP contribution is -2.35. The van der Waals surface area contributed by atoms with Crippen LogP contribution in [0.1, 0.15) is 165 Å². The molecule has 0 aromatic carbocycles. The maximum atomic E-state index is 3.91. The van der Waals surface area contributed by atoms with Gasteiger partial charge in [0.25, 0.3) is 0 Å². The van der Waals surface area contributed by atoms with Gasteiger partial charge in [-0.15, -0.1) is 0 Å². The third-order valence-electron chi connectivity index (χ3n) is 8.71. The number of pyridine rings is 2. The predicted molar refractivity (Wildman–Crippen MR) is 199 cm³/mol. The summed E-state index contributed by atoms with van der Waals surface area (Å²) >= 11 is 7.81. The minimum absolute atomic E-state index is 0.367. The van der Waals surface area contributed by atoms with Crippen LogP contribution < -0.4 is 19.8 Å². The molecule has 6 heteroatoms. The molecule has 0 bridgehead atoms. The fourth-order valence-corrected chi connectivity index (χ4v) is 6.94. The van der Waals surface area contributed by atoms with Gasteiger partial charge in [-0.25, -0.2) is 0 Å². The van der Waals surface area contributed by atoms with Gasteiger partial charge < -0.3 is 10.6 Å². The molecule has 4 nitrogen and oxygen atoms in total. The molecule has 2 rings (SSSR count). The van der Waals surface area contributed by atoms with Crippen molar-refractivity contribution in [2.45, 2.75) is 165 Å². The molecule has 0 aliphatic carbocycles. The molecule has 2 aromatic rings. The van der Waals surface area contributed by atoms with Gasteiger partial charge in [-0.1, -0.05) is 117 Å².